The van der Waals surface area contributed by atoms with Crippen molar-refractivity contribution in [2.24, 2.45) is 0 Å². The molecule has 0 atom stereocenters. The van der Waals surface area contributed by atoms with Gasteiger partial charge in [0, 0.05) is 25.2 Å². The Labute approximate surface area is 109 Å². The number of nitrogens with zero attached hydrogens (tertiary/aromatic N) is 1. The number of nitrogens with one attached hydrogen (secondary N) is 1. The molecule has 0 radical (unpaired) electrons. The van der Waals surface area contributed by atoms with Crippen LogP contribution in [0.3, 0.4) is 0 Å². The Kier molecular flexibility index (Phi) is 8.92. The van der Waals surface area contributed by atoms with E-state index in [1.807, 2.05) is 20.8 Å². The second-order valence-corrected chi connectivity index (χ2v) is 3.77. The van der Waals surface area contributed by atoms with E-state index in [4.69, 9.17) is 0 Å². The Bertz CT molecular complexity index is 297. The van der Waals surface area contributed by atoms with Gasteiger partial charge < -0.3 is 15.0 Å². The van der Waals surface area contributed by atoms with Crippen molar-refractivity contribution in [1.82, 2.24) is 10.2 Å². The summed E-state index contributed by atoms with van der Waals surface area (Å²) in [5.41, 5.74) is 0.625. The van der Waals surface area contributed by atoms with Gasteiger partial charge in [-0.15, -0.1) is 0 Å². The molecule has 1 N–H and O–H groups in total. The second-order valence-electron chi connectivity index (χ2n) is 3.77. The number of carbonyl (C=O) groups is 2. The highest BCUT2D eigenvalue weighted by molar-refractivity contribution is 5.88. The van der Waals surface area contributed by atoms with Gasteiger partial charge in [-0.25, -0.2) is 4.79 Å². The summed E-state index contributed by atoms with van der Waals surface area (Å²) < 4.78 is 4.64. The summed E-state index contributed by atoms with van der Waals surface area (Å²) >= 11 is 0. The number of hydrogen-bond donors (Lipinski definition) is 1. The minimum atomic E-state index is -0.311. The summed E-state index contributed by atoms with van der Waals surface area (Å²) in [6, 6.07) is 0. The predicted octanol–water partition coefficient (Wildman–Crippen LogP) is 0.954. The van der Waals surface area contributed by atoms with Crippen molar-refractivity contribution < 1.29 is 14.3 Å². The molecule has 0 rings (SSSR count). The summed E-state index contributed by atoms with van der Waals surface area (Å²) in [4.78, 5) is 24.7. The number of esters is 1. The lowest BCUT2D eigenvalue weighted by molar-refractivity contribution is -0.136. The maximum absolute atomic E-state index is 11.7. The van der Waals surface area contributed by atoms with Crippen LogP contribution in [-0.2, 0) is 14.3 Å². The van der Waals surface area contributed by atoms with Crippen molar-refractivity contribution in [2.75, 3.05) is 33.3 Å². The molecule has 0 aliphatic carbocycles. The van der Waals surface area contributed by atoms with Crippen LogP contribution >= 0.6 is 0 Å². The lowest BCUT2D eigenvalue weighted by Crippen LogP contribution is -2.38. The van der Waals surface area contributed by atoms with E-state index < -0.39 is 0 Å². The zero-order valence-corrected chi connectivity index (χ0v) is 11.8. The molecule has 5 heteroatoms. The summed E-state index contributed by atoms with van der Waals surface area (Å²) in [5, 5.41) is 3.00. The Hall–Kier alpha value is -1.36. The molecular weight excluding hydrogens is 232 g/mol. The first kappa shape index (κ1) is 16.6. The standard InChI is InChI=1S/C13H24N2O3/c1-5-11(13(17)18-4)8-9-14-10-12(16)15(6-2)7-3/h8,14H,5-7,9-10H2,1-4H3/b11-8-. The smallest absolute Gasteiger partial charge is 0.333 e. The van der Waals surface area contributed by atoms with E-state index in [2.05, 4.69) is 10.1 Å². The van der Waals surface area contributed by atoms with Gasteiger partial charge in [-0.3, -0.25) is 4.79 Å². The van der Waals surface area contributed by atoms with Crippen molar-refractivity contribution in [3.8, 4) is 0 Å². The van der Waals surface area contributed by atoms with Crippen LogP contribution in [0.25, 0.3) is 0 Å². The molecule has 0 aliphatic heterocycles. The minimum Gasteiger partial charge on any atom is -0.466 e. The zero-order chi connectivity index (χ0) is 14.0. The predicted molar refractivity (Wildman–Crippen MR) is 71.2 cm³/mol. The van der Waals surface area contributed by atoms with Crippen LogP contribution in [0.15, 0.2) is 11.6 Å². The molecule has 0 aromatic rings. The number of amides is 1. The molecule has 0 heterocycles. The highest BCUT2D eigenvalue weighted by Crippen LogP contribution is 2.01. The van der Waals surface area contributed by atoms with Crippen LogP contribution < -0.4 is 5.32 Å². The van der Waals surface area contributed by atoms with Crippen LogP contribution in [-0.4, -0.2) is 50.1 Å². The fourth-order valence-corrected chi connectivity index (χ4v) is 1.57. The minimum absolute atomic E-state index is 0.0736. The fraction of sp³-hybridized carbons (Fsp3) is 0.692. The first-order chi connectivity index (χ1) is 8.60. The first-order valence-corrected chi connectivity index (χ1v) is 6.36. The third-order valence-corrected chi connectivity index (χ3v) is 2.71. The maximum Gasteiger partial charge on any atom is 0.333 e. The van der Waals surface area contributed by atoms with Crippen molar-refractivity contribution >= 4 is 11.9 Å². The van der Waals surface area contributed by atoms with Gasteiger partial charge in [0.05, 0.1) is 13.7 Å². The lowest BCUT2D eigenvalue weighted by atomic mass is 10.2. The largest absolute Gasteiger partial charge is 0.466 e. The highest BCUT2D eigenvalue weighted by Gasteiger charge is 2.09. The molecule has 0 aliphatic rings. The molecule has 0 fully saturated rings. The molecule has 18 heavy (non-hydrogen) atoms. The Morgan fingerprint density at radius 2 is 1.83 bits per heavy atom. The third-order valence-electron chi connectivity index (χ3n) is 2.71. The average Bonchev–Trinajstić information content (AvgIpc) is 2.39. The van der Waals surface area contributed by atoms with Gasteiger partial charge in [0.2, 0.25) is 5.91 Å². The quantitative estimate of drug-likeness (QED) is 0.399. The van der Waals surface area contributed by atoms with Gasteiger partial charge in [-0.2, -0.15) is 0 Å². The summed E-state index contributed by atoms with van der Waals surface area (Å²) in [6.07, 6.45) is 2.39. The van der Waals surface area contributed by atoms with E-state index in [0.717, 1.165) is 13.1 Å². The number of rotatable bonds is 8. The lowest BCUT2D eigenvalue weighted by Gasteiger charge is -2.18. The van der Waals surface area contributed by atoms with Crippen molar-refractivity contribution in [3.05, 3.63) is 11.6 Å². The van der Waals surface area contributed by atoms with E-state index in [9.17, 15) is 9.59 Å². The highest BCUT2D eigenvalue weighted by atomic mass is 16.5. The van der Waals surface area contributed by atoms with Gasteiger partial charge in [-0.1, -0.05) is 13.0 Å². The van der Waals surface area contributed by atoms with E-state index in [1.54, 1.807) is 11.0 Å². The monoisotopic (exact) mass is 256 g/mol. The van der Waals surface area contributed by atoms with Crippen LogP contribution in [0.5, 0.6) is 0 Å². The fourth-order valence-electron chi connectivity index (χ4n) is 1.57. The number of methoxy groups -OCH3 is 1. The van der Waals surface area contributed by atoms with E-state index in [0.29, 0.717) is 18.5 Å². The van der Waals surface area contributed by atoms with E-state index in [1.165, 1.54) is 7.11 Å². The number of carbonyl (C=O) groups excluding carboxylic acids is 2. The number of hydrogen-bond acceptors (Lipinski definition) is 4. The Morgan fingerprint density at radius 3 is 2.28 bits per heavy atom. The zero-order valence-electron chi connectivity index (χ0n) is 11.8. The second kappa shape index (κ2) is 9.65. The normalized spacial score (nSPS) is 11.2. The van der Waals surface area contributed by atoms with Gasteiger partial charge >= 0.3 is 5.97 Å². The molecule has 104 valence electrons. The van der Waals surface area contributed by atoms with Gasteiger partial charge in [0.1, 0.15) is 0 Å². The van der Waals surface area contributed by atoms with Gasteiger partial charge in [0.15, 0.2) is 0 Å². The molecule has 0 aromatic carbocycles. The topological polar surface area (TPSA) is 58.6 Å². The summed E-state index contributed by atoms with van der Waals surface area (Å²) in [5.74, 6) is -0.237. The summed E-state index contributed by atoms with van der Waals surface area (Å²) in [6.45, 7) is 8.01. The van der Waals surface area contributed by atoms with E-state index >= 15 is 0 Å². The molecule has 0 aromatic heterocycles. The summed E-state index contributed by atoms with van der Waals surface area (Å²) in [7, 11) is 1.36. The third kappa shape index (κ3) is 5.82. The SMILES string of the molecule is CC/C(=C/CNCC(=O)N(CC)CC)C(=O)OC. The molecule has 0 bridgehead atoms. The first-order valence-electron chi connectivity index (χ1n) is 6.36. The maximum atomic E-state index is 11.7. The van der Waals surface area contributed by atoms with Crippen LogP contribution in [0.2, 0.25) is 0 Å². The van der Waals surface area contributed by atoms with Gasteiger partial charge in [0.25, 0.3) is 0 Å². The average molecular weight is 256 g/mol. The molecule has 0 spiro atoms. The molecule has 0 saturated heterocycles. The van der Waals surface area contributed by atoms with Crippen molar-refractivity contribution in [3.63, 3.8) is 0 Å². The van der Waals surface area contributed by atoms with Crippen molar-refractivity contribution in [1.29, 1.82) is 0 Å². The Balaban J connectivity index is 4.07. The van der Waals surface area contributed by atoms with Crippen molar-refractivity contribution in [2.45, 2.75) is 27.2 Å². The van der Waals surface area contributed by atoms with E-state index in [-0.39, 0.29) is 18.4 Å². The van der Waals surface area contributed by atoms with Crippen LogP contribution in [0.4, 0.5) is 0 Å². The number of likely N-dealkylation sites (N-methyl/N-ethyl adjacent to an activating group) is 1. The molecule has 5 nitrogen and oxygen atoms in total. The molecule has 1 amide bonds. The molecular formula is C13H24N2O3. The Morgan fingerprint density at radius 1 is 1.22 bits per heavy atom. The van der Waals surface area contributed by atoms with Gasteiger partial charge in [-0.05, 0) is 20.3 Å². The molecule has 0 unspecified atom stereocenters. The van der Waals surface area contributed by atoms with Crippen LogP contribution in [0, 0.1) is 0 Å². The molecule has 0 saturated carbocycles. The van der Waals surface area contributed by atoms with Crippen LogP contribution in [0.1, 0.15) is 27.2 Å². The number of ether oxygens (including phenoxy) is 1.